The van der Waals surface area contributed by atoms with Gasteiger partial charge in [-0.25, -0.2) is 0 Å². The molecule has 0 aromatic carbocycles. The molecule has 144 valence electrons. The van der Waals surface area contributed by atoms with Gasteiger partial charge in [-0.05, 0) is 6.42 Å². The number of epoxide rings is 2. The fraction of sp³-hybridized carbons (Fsp3) is 1.00. The second-order valence-electron chi connectivity index (χ2n) is 6.26. The number of hydrogen-bond donors (Lipinski definition) is 0. The summed E-state index contributed by atoms with van der Waals surface area (Å²) in [4.78, 5) is 0. The topological polar surface area (TPSA) is 62.0 Å². The molecule has 2 rings (SSSR count). The maximum absolute atomic E-state index is 5.36. The lowest BCUT2D eigenvalue weighted by atomic mass is 10.1. The number of rotatable bonds is 14. The van der Waals surface area contributed by atoms with Crippen molar-refractivity contribution in [2.45, 2.75) is 63.7 Å². The van der Waals surface area contributed by atoms with Gasteiger partial charge in [-0.1, -0.05) is 39.0 Å². The van der Waals surface area contributed by atoms with E-state index in [4.69, 9.17) is 27.5 Å². The summed E-state index contributed by atoms with van der Waals surface area (Å²) in [6.07, 6.45) is 8.49. The lowest BCUT2D eigenvalue weighted by molar-refractivity contribution is 0.102. The minimum atomic E-state index is -2.29. The molecule has 2 fully saturated rings. The van der Waals surface area contributed by atoms with Crippen molar-refractivity contribution < 1.29 is 27.5 Å². The maximum atomic E-state index is 5.36. The van der Waals surface area contributed by atoms with Gasteiger partial charge in [0.05, 0.1) is 26.4 Å². The van der Waals surface area contributed by atoms with Gasteiger partial charge in [-0.2, -0.15) is 0 Å². The average Bonchev–Trinajstić information content (AvgIpc) is 3.51. The molecular formula is C17H36O6Si. The smallest absolute Gasteiger partial charge is 0.377 e. The van der Waals surface area contributed by atoms with Gasteiger partial charge in [0.15, 0.2) is 0 Å². The highest BCUT2D eigenvalue weighted by atomic mass is 28.4. The van der Waals surface area contributed by atoms with Gasteiger partial charge < -0.3 is 27.5 Å². The van der Waals surface area contributed by atoms with E-state index in [1.807, 2.05) is 0 Å². The lowest BCUT2D eigenvalue weighted by Gasteiger charge is -2.24. The second-order valence-corrected chi connectivity index (χ2v) is 9.35. The molecule has 0 bridgehead atoms. The molecule has 2 heterocycles. The molecule has 0 spiro atoms. The van der Waals surface area contributed by atoms with Crippen LogP contribution in [-0.4, -0.2) is 68.8 Å². The van der Waals surface area contributed by atoms with E-state index in [1.165, 1.54) is 32.1 Å². The van der Waals surface area contributed by atoms with Gasteiger partial charge in [0.25, 0.3) is 0 Å². The molecule has 2 unspecified atom stereocenters. The fourth-order valence-corrected chi connectivity index (χ4v) is 4.13. The summed E-state index contributed by atoms with van der Waals surface area (Å²) in [6.45, 7) is 5.50. The van der Waals surface area contributed by atoms with Crippen LogP contribution in [0, 0.1) is 0 Å². The SMILES string of the molecule is C(OCC1CO1)C1CO1.CCCCCCCC[Si](OC)(OC)OC. The summed E-state index contributed by atoms with van der Waals surface area (Å²) in [5, 5.41) is 0. The van der Waals surface area contributed by atoms with Gasteiger partial charge in [0.1, 0.15) is 12.2 Å². The Bertz CT molecular complexity index is 273. The van der Waals surface area contributed by atoms with Crippen LogP contribution in [0.2, 0.25) is 6.04 Å². The van der Waals surface area contributed by atoms with Gasteiger partial charge in [0.2, 0.25) is 0 Å². The third kappa shape index (κ3) is 10.8. The van der Waals surface area contributed by atoms with Crippen LogP contribution in [0.4, 0.5) is 0 Å². The van der Waals surface area contributed by atoms with E-state index < -0.39 is 8.80 Å². The summed E-state index contributed by atoms with van der Waals surface area (Å²) in [5.74, 6) is 0. The zero-order valence-electron chi connectivity index (χ0n) is 15.9. The summed E-state index contributed by atoms with van der Waals surface area (Å²) < 4.78 is 31.2. The molecule has 2 atom stereocenters. The largest absolute Gasteiger partial charge is 0.500 e. The van der Waals surface area contributed by atoms with E-state index in [1.54, 1.807) is 21.3 Å². The fourth-order valence-electron chi connectivity index (χ4n) is 2.34. The van der Waals surface area contributed by atoms with Crippen LogP contribution in [-0.2, 0) is 27.5 Å². The van der Waals surface area contributed by atoms with Crippen molar-refractivity contribution >= 4 is 8.80 Å². The Balaban J connectivity index is 0.000000267. The van der Waals surface area contributed by atoms with E-state index >= 15 is 0 Å². The van der Waals surface area contributed by atoms with Crippen molar-refractivity contribution in [3.8, 4) is 0 Å². The Labute approximate surface area is 148 Å². The monoisotopic (exact) mass is 364 g/mol. The van der Waals surface area contributed by atoms with Crippen LogP contribution in [0.3, 0.4) is 0 Å². The first-order valence-electron chi connectivity index (χ1n) is 9.16. The maximum Gasteiger partial charge on any atom is 0.500 e. The van der Waals surface area contributed by atoms with Gasteiger partial charge in [-0.3, -0.25) is 0 Å². The molecule has 7 heteroatoms. The van der Waals surface area contributed by atoms with Crippen LogP contribution in [0.25, 0.3) is 0 Å². The van der Waals surface area contributed by atoms with Crippen LogP contribution in [0.5, 0.6) is 0 Å². The minimum Gasteiger partial charge on any atom is -0.377 e. The Hall–Kier alpha value is -0.0231. The highest BCUT2D eigenvalue weighted by Gasteiger charge is 2.36. The molecule has 0 aromatic rings. The highest BCUT2D eigenvalue weighted by Crippen LogP contribution is 2.18. The normalized spacial score (nSPS) is 22.0. The minimum absolute atomic E-state index is 0.392. The number of unbranched alkanes of at least 4 members (excludes halogenated alkanes) is 5. The van der Waals surface area contributed by atoms with Gasteiger partial charge >= 0.3 is 8.80 Å². The molecule has 0 amide bonds. The van der Waals surface area contributed by atoms with Crippen molar-refractivity contribution in [3.05, 3.63) is 0 Å². The van der Waals surface area contributed by atoms with Crippen LogP contribution in [0.1, 0.15) is 45.4 Å². The van der Waals surface area contributed by atoms with E-state index in [0.29, 0.717) is 12.2 Å². The molecule has 24 heavy (non-hydrogen) atoms. The second kappa shape index (κ2) is 13.2. The van der Waals surface area contributed by atoms with Crippen molar-refractivity contribution in [1.82, 2.24) is 0 Å². The molecule has 2 saturated heterocycles. The molecule has 0 aromatic heterocycles. The Morgan fingerprint density at radius 2 is 1.25 bits per heavy atom. The Kier molecular flexibility index (Phi) is 12.1. The van der Waals surface area contributed by atoms with Crippen LogP contribution >= 0.6 is 0 Å². The third-order valence-electron chi connectivity index (χ3n) is 4.18. The van der Waals surface area contributed by atoms with Gasteiger partial charge in [-0.15, -0.1) is 0 Å². The van der Waals surface area contributed by atoms with Crippen LogP contribution < -0.4 is 0 Å². The van der Waals surface area contributed by atoms with Crippen molar-refractivity contribution in [3.63, 3.8) is 0 Å². The first kappa shape index (κ1) is 22.0. The molecule has 2 aliphatic rings. The molecule has 2 aliphatic heterocycles. The van der Waals surface area contributed by atoms with E-state index in [-0.39, 0.29) is 0 Å². The predicted molar refractivity (Wildman–Crippen MR) is 95.3 cm³/mol. The average molecular weight is 365 g/mol. The summed E-state index contributed by atoms with van der Waals surface area (Å²) >= 11 is 0. The predicted octanol–water partition coefficient (Wildman–Crippen LogP) is 3.03. The molecule has 0 radical (unpaired) electrons. The third-order valence-corrected chi connectivity index (χ3v) is 7.01. The first-order valence-corrected chi connectivity index (χ1v) is 11.1. The van der Waals surface area contributed by atoms with Crippen molar-refractivity contribution in [2.75, 3.05) is 47.8 Å². The zero-order chi connectivity index (χ0) is 17.7. The molecular weight excluding hydrogens is 328 g/mol. The Morgan fingerprint density at radius 3 is 1.67 bits per heavy atom. The molecule has 0 saturated carbocycles. The van der Waals surface area contributed by atoms with Crippen molar-refractivity contribution in [2.24, 2.45) is 0 Å². The first-order chi connectivity index (χ1) is 11.7. The van der Waals surface area contributed by atoms with E-state index in [9.17, 15) is 0 Å². The van der Waals surface area contributed by atoms with Crippen LogP contribution in [0.15, 0.2) is 0 Å². The summed E-state index contributed by atoms with van der Waals surface area (Å²) in [6, 6.07) is 0.933. The van der Waals surface area contributed by atoms with Crippen molar-refractivity contribution in [1.29, 1.82) is 0 Å². The zero-order valence-corrected chi connectivity index (χ0v) is 16.9. The van der Waals surface area contributed by atoms with E-state index in [0.717, 1.165) is 38.9 Å². The quantitative estimate of drug-likeness (QED) is 0.268. The molecule has 0 N–H and O–H groups in total. The van der Waals surface area contributed by atoms with Gasteiger partial charge in [0, 0.05) is 27.4 Å². The van der Waals surface area contributed by atoms with E-state index in [2.05, 4.69) is 6.92 Å². The number of hydrogen-bond acceptors (Lipinski definition) is 6. The standard InChI is InChI=1S/C11H26O3Si.C6H10O3/c1-5-6-7-8-9-10-11-15(12-2,13-3)14-4;1(5-3-8-5)7-2-6-4-9-6/h5-11H2,1-4H3;5-6H,1-4H2. The summed E-state index contributed by atoms with van der Waals surface area (Å²) in [5.41, 5.74) is 0. The summed E-state index contributed by atoms with van der Waals surface area (Å²) in [7, 11) is 2.74. The lowest BCUT2D eigenvalue weighted by Crippen LogP contribution is -2.42. The molecule has 6 nitrogen and oxygen atoms in total. The highest BCUT2D eigenvalue weighted by molar-refractivity contribution is 6.60. The number of ether oxygens (including phenoxy) is 3. The Morgan fingerprint density at radius 1 is 0.792 bits per heavy atom. The molecule has 0 aliphatic carbocycles.